The van der Waals surface area contributed by atoms with Crippen LogP contribution in [0.15, 0.2) is 18.2 Å². The lowest BCUT2D eigenvalue weighted by Gasteiger charge is -2.08. The summed E-state index contributed by atoms with van der Waals surface area (Å²) in [6.45, 7) is 0.779. The lowest BCUT2D eigenvalue weighted by Crippen LogP contribution is -1.98. The Morgan fingerprint density at radius 2 is 1.56 bits per heavy atom. The zero-order valence-electron chi connectivity index (χ0n) is 10.2. The Bertz CT molecular complexity index is 291. The standard InChI is InChI=1S/C13H21NO2/c1-15-12-8-11(6-4-3-5-7-14)9-13(10-12)16-2/h8-10H,3-7,14H2,1-2H3. The van der Waals surface area contributed by atoms with Crippen molar-refractivity contribution >= 4 is 0 Å². The average molecular weight is 223 g/mol. The summed E-state index contributed by atoms with van der Waals surface area (Å²) >= 11 is 0. The summed E-state index contributed by atoms with van der Waals surface area (Å²) in [7, 11) is 3.35. The van der Waals surface area contributed by atoms with Gasteiger partial charge in [-0.15, -0.1) is 0 Å². The van der Waals surface area contributed by atoms with E-state index in [9.17, 15) is 0 Å². The van der Waals surface area contributed by atoms with Gasteiger partial charge in [0.2, 0.25) is 0 Å². The van der Waals surface area contributed by atoms with Gasteiger partial charge in [-0.25, -0.2) is 0 Å². The molecular formula is C13H21NO2. The minimum atomic E-state index is 0.779. The van der Waals surface area contributed by atoms with E-state index in [4.69, 9.17) is 15.2 Å². The molecule has 0 aromatic heterocycles. The molecule has 3 nitrogen and oxygen atoms in total. The van der Waals surface area contributed by atoms with Crippen molar-refractivity contribution in [3.05, 3.63) is 23.8 Å². The van der Waals surface area contributed by atoms with Crippen LogP contribution >= 0.6 is 0 Å². The summed E-state index contributed by atoms with van der Waals surface area (Å²) < 4.78 is 10.4. The monoisotopic (exact) mass is 223 g/mol. The van der Waals surface area contributed by atoms with Crippen molar-refractivity contribution < 1.29 is 9.47 Å². The summed E-state index contributed by atoms with van der Waals surface area (Å²) in [6, 6.07) is 6.01. The Morgan fingerprint density at radius 1 is 0.938 bits per heavy atom. The van der Waals surface area contributed by atoms with Gasteiger partial charge in [-0.2, -0.15) is 0 Å². The van der Waals surface area contributed by atoms with Crippen molar-refractivity contribution in [2.45, 2.75) is 25.7 Å². The maximum absolute atomic E-state index is 5.46. The van der Waals surface area contributed by atoms with E-state index < -0.39 is 0 Å². The fourth-order valence-electron chi connectivity index (χ4n) is 1.66. The van der Waals surface area contributed by atoms with Gasteiger partial charge in [0.1, 0.15) is 11.5 Å². The van der Waals surface area contributed by atoms with Crippen molar-refractivity contribution in [2.24, 2.45) is 5.73 Å². The first kappa shape index (κ1) is 12.8. The van der Waals surface area contributed by atoms with Crippen molar-refractivity contribution in [3.8, 4) is 11.5 Å². The molecule has 0 bridgehead atoms. The summed E-state index contributed by atoms with van der Waals surface area (Å²) in [5, 5.41) is 0. The molecule has 1 aromatic carbocycles. The highest BCUT2D eigenvalue weighted by molar-refractivity contribution is 5.38. The van der Waals surface area contributed by atoms with Crippen LogP contribution in [0, 0.1) is 0 Å². The van der Waals surface area contributed by atoms with Gasteiger partial charge in [-0.3, -0.25) is 0 Å². The molecule has 0 saturated carbocycles. The van der Waals surface area contributed by atoms with E-state index in [0.29, 0.717) is 0 Å². The number of ether oxygens (including phenoxy) is 2. The zero-order valence-corrected chi connectivity index (χ0v) is 10.2. The number of benzene rings is 1. The second-order valence-electron chi connectivity index (χ2n) is 3.82. The highest BCUT2D eigenvalue weighted by Gasteiger charge is 2.01. The van der Waals surface area contributed by atoms with Crippen LogP contribution in [0.2, 0.25) is 0 Å². The Morgan fingerprint density at radius 3 is 2.06 bits per heavy atom. The molecule has 0 radical (unpaired) electrons. The average Bonchev–Trinajstić information content (AvgIpc) is 2.34. The van der Waals surface area contributed by atoms with Crippen LogP contribution in [-0.4, -0.2) is 20.8 Å². The molecule has 0 fully saturated rings. The van der Waals surface area contributed by atoms with Crippen LogP contribution in [0.4, 0.5) is 0 Å². The molecule has 0 heterocycles. The van der Waals surface area contributed by atoms with E-state index in [1.165, 1.54) is 12.0 Å². The first-order valence-electron chi connectivity index (χ1n) is 5.72. The first-order valence-corrected chi connectivity index (χ1v) is 5.72. The number of hydrogen-bond donors (Lipinski definition) is 1. The van der Waals surface area contributed by atoms with Gasteiger partial charge in [0.15, 0.2) is 0 Å². The highest BCUT2D eigenvalue weighted by atomic mass is 16.5. The minimum Gasteiger partial charge on any atom is -0.497 e. The molecule has 2 N–H and O–H groups in total. The molecule has 0 aliphatic heterocycles. The second kappa shape index (κ2) is 7.12. The molecule has 90 valence electrons. The summed E-state index contributed by atoms with van der Waals surface area (Å²) in [4.78, 5) is 0. The molecule has 1 rings (SSSR count). The van der Waals surface area contributed by atoms with Crippen molar-refractivity contribution in [1.82, 2.24) is 0 Å². The maximum atomic E-state index is 5.46. The summed E-state index contributed by atoms with van der Waals surface area (Å²) in [5.41, 5.74) is 6.72. The predicted octanol–water partition coefficient (Wildman–Crippen LogP) is 2.38. The lowest BCUT2D eigenvalue weighted by atomic mass is 10.1. The van der Waals surface area contributed by atoms with E-state index in [2.05, 4.69) is 12.1 Å². The summed E-state index contributed by atoms with van der Waals surface area (Å²) in [5.74, 6) is 1.71. The van der Waals surface area contributed by atoms with E-state index in [-0.39, 0.29) is 0 Å². The van der Waals surface area contributed by atoms with Gasteiger partial charge in [0.05, 0.1) is 14.2 Å². The van der Waals surface area contributed by atoms with Crippen LogP contribution < -0.4 is 15.2 Å². The normalized spacial score (nSPS) is 10.2. The largest absolute Gasteiger partial charge is 0.497 e. The molecule has 0 spiro atoms. The number of unbranched alkanes of at least 4 members (excludes halogenated alkanes) is 2. The van der Waals surface area contributed by atoms with E-state index in [1.807, 2.05) is 6.07 Å². The van der Waals surface area contributed by atoms with Crippen LogP contribution in [0.5, 0.6) is 11.5 Å². The maximum Gasteiger partial charge on any atom is 0.122 e. The molecule has 16 heavy (non-hydrogen) atoms. The van der Waals surface area contributed by atoms with Gasteiger partial charge < -0.3 is 15.2 Å². The number of methoxy groups -OCH3 is 2. The molecular weight excluding hydrogens is 202 g/mol. The van der Waals surface area contributed by atoms with E-state index in [1.54, 1.807) is 14.2 Å². The number of aryl methyl sites for hydroxylation is 1. The smallest absolute Gasteiger partial charge is 0.122 e. The molecule has 3 heteroatoms. The minimum absolute atomic E-state index is 0.779. The molecule has 0 atom stereocenters. The molecule has 0 aliphatic rings. The quantitative estimate of drug-likeness (QED) is 0.722. The topological polar surface area (TPSA) is 44.5 Å². The molecule has 0 amide bonds. The highest BCUT2D eigenvalue weighted by Crippen LogP contribution is 2.23. The second-order valence-corrected chi connectivity index (χ2v) is 3.82. The predicted molar refractivity (Wildman–Crippen MR) is 66.2 cm³/mol. The molecule has 1 aromatic rings. The van der Waals surface area contributed by atoms with Crippen LogP contribution in [0.1, 0.15) is 24.8 Å². The Hall–Kier alpha value is -1.22. The molecule has 0 saturated heterocycles. The fourth-order valence-corrected chi connectivity index (χ4v) is 1.66. The Kier molecular flexibility index (Phi) is 5.72. The van der Waals surface area contributed by atoms with Crippen LogP contribution in [0.3, 0.4) is 0 Å². The van der Waals surface area contributed by atoms with Gasteiger partial charge in [0, 0.05) is 6.07 Å². The third-order valence-corrected chi connectivity index (χ3v) is 2.58. The van der Waals surface area contributed by atoms with Gasteiger partial charge in [0.25, 0.3) is 0 Å². The molecule has 0 aliphatic carbocycles. The van der Waals surface area contributed by atoms with Gasteiger partial charge in [-0.05, 0) is 43.5 Å². The Balaban J connectivity index is 2.57. The SMILES string of the molecule is COc1cc(CCCCCN)cc(OC)c1. The van der Waals surface area contributed by atoms with Crippen molar-refractivity contribution in [3.63, 3.8) is 0 Å². The fraction of sp³-hybridized carbons (Fsp3) is 0.538. The van der Waals surface area contributed by atoms with Gasteiger partial charge in [-0.1, -0.05) is 6.42 Å². The third kappa shape index (κ3) is 4.11. The third-order valence-electron chi connectivity index (χ3n) is 2.58. The lowest BCUT2D eigenvalue weighted by molar-refractivity contribution is 0.393. The van der Waals surface area contributed by atoms with E-state index in [0.717, 1.165) is 37.3 Å². The van der Waals surface area contributed by atoms with Gasteiger partial charge >= 0.3 is 0 Å². The zero-order chi connectivity index (χ0) is 11.8. The number of nitrogens with two attached hydrogens (primary N) is 1. The number of hydrogen-bond acceptors (Lipinski definition) is 3. The summed E-state index contributed by atoms with van der Waals surface area (Å²) in [6.07, 6.45) is 4.48. The first-order chi connectivity index (χ1) is 7.80. The molecule has 0 unspecified atom stereocenters. The van der Waals surface area contributed by atoms with Crippen molar-refractivity contribution in [2.75, 3.05) is 20.8 Å². The van der Waals surface area contributed by atoms with E-state index >= 15 is 0 Å². The van der Waals surface area contributed by atoms with Crippen LogP contribution in [-0.2, 0) is 6.42 Å². The number of rotatable bonds is 7. The Labute approximate surface area is 97.6 Å². The van der Waals surface area contributed by atoms with Crippen LogP contribution in [0.25, 0.3) is 0 Å². The van der Waals surface area contributed by atoms with Crippen molar-refractivity contribution in [1.29, 1.82) is 0 Å².